The highest BCUT2D eigenvalue weighted by molar-refractivity contribution is 6.31. The molecule has 6 heteroatoms. The van der Waals surface area contributed by atoms with Crippen LogP contribution in [0.15, 0.2) is 37.1 Å². The van der Waals surface area contributed by atoms with Gasteiger partial charge in [0.15, 0.2) is 5.82 Å². The first-order valence-electron chi connectivity index (χ1n) is 5.52. The molecule has 1 aliphatic rings. The second kappa shape index (κ2) is 3.43. The Labute approximate surface area is 108 Å². The van der Waals surface area contributed by atoms with E-state index in [9.17, 15) is 0 Å². The predicted molar refractivity (Wildman–Crippen MR) is 66.7 cm³/mol. The second-order valence-electron chi connectivity index (χ2n) is 4.16. The maximum Gasteiger partial charge on any atom is 0.160 e. The molecule has 1 aromatic carbocycles. The Balaban J connectivity index is 2.13. The van der Waals surface area contributed by atoms with Crippen LogP contribution in [0.4, 0.5) is 0 Å². The van der Waals surface area contributed by atoms with Crippen molar-refractivity contribution >= 4 is 11.6 Å². The number of imidazole rings is 1. The summed E-state index contributed by atoms with van der Waals surface area (Å²) >= 11 is 6.08. The topological polar surface area (TPSA) is 48.5 Å². The molecule has 0 saturated heterocycles. The minimum atomic E-state index is 0.654. The molecule has 0 radical (unpaired) electrons. The number of hydrogen-bond donors (Lipinski definition) is 0. The minimum absolute atomic E-state index is 0.654. The number of hydrogen-bond acceptors (Lipinski definition) is 3. The highest BCUT2D eigenvalue weighted by Crippen LogP contribution is 2.31. The van der Waals surface area contributed by atoms with Gasteiger partial charge in [-0.05, 0) is 18.2 Å². The number of nitrogens with zero attached hydrogens (tertiary/aromatic N) is 5. The summed E-state index contributed by atoms with van der Waals surface area (Å²) in [5.41, 5.74) is 3.07. The molecule has 0 amide bonds. The third-order valence-electron chi connectivity index (χ3n) is 3.10. The van der Waals surface area contributed by atoms with Gasteiger partial charge in [0.1, 0.15) is 6.33 Å². The van der Waals surface area contributed by atoms with Crippen molar-refractivity contribution in [3.05, 3.63) is 47.8 Å². The van der Waals surface area contributed by atoms with Gasteiger partial charge < -0.3 is 4.57 Å². The second-order valence-corrected chi connectivity index (χ2v) is 4.59. The molecular formula is C12H8ClN5. The summed E-state index contributed by atoms with van der Waals surface area (Å²) in [6.07, 6.45) is 5.20. The molecule has 1 aliphatic heterocycles. The zero-order valence-corrected chi connectivity index (χ0v) is 10.0. The first-order chi connectivity index (χ1) is 8.83. The minimum Gasteiger partial charge on any atom is -0.301 e. The maximum absolute atomic E-state index is 6.08. The molecular weight excluding hydrogens is 250 g/mol. The smallest absolute Gasteiger partial charge is 0.160 e. The molecule has 0 fully saturated rings. The van der Waals surface area contributed by atoms with Crippen LogP contribution in [-0.2, 0) is 6.54 Å². The summed E-state index contributed by atoms with van der Waals surface area (Å²) in [4.78, 5) is 8.51. The van der Waals surface area contributed by atoms with E-state index in [1.54, 1.807) is 12.7 Å². The van der Waals surface area contributed by atoms with E-state index in [4.69, 9.17) is 11.6 Å². The van der Waals surface area contributed by atoms with Crippen LogP contribution in [0, 0.1) is 0 Å². The van der Waals surface area contributed by atoms with E-state index in [1.165, 1.54) is 0 Å². The average molecular weight is 258 g/mol. The quantitative estimate of drug-likeness (QED) is 0.485. The first kappa shape index (κ1) is 9.85. The SMILES string of the molecule is Clc1ccc2c(c1)-c1ncnn1Cc1cncn1-2. The lowest BCUT2D eigenvalue weighted by molar-refractivity contribution is 0.677. The van der Waals surface area contributed by atoms with Crippen LogP contribution < -0.4 is 0 Å². The predicted octanol–water partition coefficient (Wildman–Crippen LogP) is 2.15. The fourth-order valence-electron chi connectivity index (χ4n) is 2.30. The summed E-state index contributed by atoms with van der Waals surface area (Å²) in [7, 11) is 0. The Kier molecular flexibility index (Phi) is 1.87. The van der Waals surface area contributed by atoms with Crippen LogP contribution in [0.25, 0.3) is 17.1 Å². The third-order valence-corrected chi connectivity index (χ3v) is 3.34. The van der Waals surface area contributed by atoms with Gasteiger partial charge in [-0.2, -0.15) is 5.10 Å². The van der Waals surface area contributed by atoms with Gasteiger partial charge in [-0.3, -0.25) is 0 Å². The van der Waals surface area contributed by atoms with Crippen molar-refractivity contribution in [3.8, 4) is 17.1 Å². The molecule has 0 unspecified atom stereocenters. The van der Waals surface area contributed by atoms with E-state index < -0.39 is 0 Å². The molecule has 88 valence electrons. The van der Waals surface area contributed by atoms with Crippen molar-refractivity contribution in [2.75, 3.05) is 0 Å². The summed E-state index contributed by atoms with van der Waals surface area (Å²) < 4.78 is 3.90. The molecule has 0 N–H and O–H groups in total. The van der Waals surface area contributed by atoms with Crippen LogP contribution >= 0.6 is 11.6 Å². The first-order valence-corrected chi connectivity index (χ1v) is 5.90. The molecule has 3 heterocycles. The fraction of sp³-hybridized carbons (Fsp3) is 0.0833. The largest absolute Gasteiger partial charge is 0.301 e. The van der Waals surface area contributed by atoms with Gasteiger partial charge in [0.05, 0.1) is 30.5 Å². The Hall–Kier alpha value is -2.14. The van der Waals surface area contributed by atoms with E-state index in [1.807, 2.05) is 33.6 Å². The summed E-state index contributed by atoms with van der Waals surface area (Å²) in [5, 5.41) is 4.93. The van der Waals surface area contributed by atoms with Crippen molar-refractivity contribution in [1.82, 2.24) is 24.3 Å². The molecule has 3 aromatic rings. The van der Waals surface area contributed by atoms with Gasteiger partial charge in [-0.15, -0.1) is 0 Å². The van der Waals surface area contributed by atoms with Crippen LogP contribution in [-0.4, -0.2) is 24.3 Å². The molecule has 18 heavy (non-hydrogen) atoms. The van der Waals surface area contributed by atoms with E-state index >= 15 is 0 Å². The van der Waals surface area contributed by atoms with Gasteiger partial charge in [-0.25, -0.2) is 14.6 Å². The Morgan fingerprint density at radius 2 is 2.22 bits per heavy atom. The lowest BCUT2D eigenvalue weighted by Crippen LogP contribution is -2.03. The van der Waals surface area contributed by atoms with Crippen molar-refractivity contribution in [2.45, 2.75) is 6.54 Å². The van der Waals surface area contributed by atoms with Crippen LogP contribution in [0.1, 0.15) is 5.69 Å². The normalized spacial score (nSPS) is 12.5. The number of aromatic nitrogens is 5. The van der Waals surface area contributed by atoms with Crippen molar-refractivity contribution in [3.63, 3.8) is 0 Å². The van der Waals surface area contributed by atoms with E-state index in [-0.39, 0.29) is 0 Å². The molecule has 0 aliphatic carbocycles. The van der Waals surface area contributed by atoms with Gasteiger partial charge in [0.25, 0.3) is 0 Å². The lowest BCUT2D eigenvalue weighted by atomic mass is 10.1. The Bertz CT molecular complexity index is 743. The number of rotatable bonds is 0. The highest BCUT2D eigenvalue weighted by atomic mass is 35.5. The average Bonchev–Trinajstić information content (AvgIpc) is 2.97. The molecule has 2 aromatic heterocycles. The summed E-state index contributed by atoms with van der Waals surface area (Å²) in [6, 6.07) is 5.76. The summed E-state index contributed by atoms with van der Waals surface area (Å²) in [6.45, 7) is 0.654. The van der Waals surface area contributed by atoms with Gasteiger partial charge in [0.2, 0.25) is 0 Å². The molecule has 0 spiro atoms. The molecule has 0 saturated carbocycles. The van der Waals surface area contributed by atoms with E-state index in [2.05, 4.69) is 15.1 Å². The fourth-order valence-corrected chi connectivity index (χ4v) is 2.47. The lowest BCUT2D eigenvalue weighted by Gasteiger charge is -2.08. The van der Waals surface area contributed by atoms with Gasteiger partial charge in [-0.1, -0.05) is 11.6 Å². The van der Waals surface area contributed by atoms with Crippen LogP contribution in [0.3, 0.4) is 0 Å². The van der Waals surface area contributed by atoms with Crippen LogP contribution in [0.2, 0.25) is 5.02 Å². The zero-order valence-electron chi connectivity index (χ0n) is 9.29. The van der Waals surface area contributed by atoms with Crippen molar-refractivity contribution in [2.24, 2.45) is 0 Å². The standard InChI is InChI=1S/C12H8ClN5/c13-8-1-2-11-10(3-8)12-15-6-16-18(12)5-9-4-14-7-17(9)11/h1-4,6-7H,5H2. The summed E-state index contributed by atoms with van der Waals surface area (Å²) in [5.74, 6) is 0.830. The van der Waals surface area contributed by atoms with Gasteiger partial charge in [0, 0.05) is 10.6 Å². The van der Waals surface area contributed by atoms with Crippen LogP contribution in [0.5, 0.6) is 0 Å². The van der Waals surface area contributed by atoms with E-state index in [0.29, 0.717) is 11.6 Å². The Morgan fingerprint density at radius 3 is 3.17 bits per heavy atom. The zero-order chi connectivity index (χ0) is 12.1. The van der Waals surface area contributed by atoms with Crippen molar-refractivity contribution < 1.29 is 0 Å². The van der Waals surface area contributed by atoms with Gasteiger partial charge >= 0.3 is 0 Å². The highest BCUT2D eigenvalue weighted by Gasteiger charge is 2.20. The third kappa shape index (κ3) is 1.25. The molecule has 0 atom stereocenters. The molecule has 5 nitrogen and oxygen atoms in total. The molecule has 0 bridgehead atoms. The monoisotopic (exact) mass is 257 g/mol. The molecule has 4 rings (SSSR count). The number of fused-ring (bicyclic) bond motifs is 5. The number of benzene rings is 1. The Morgan fingerprint density at radius 1 is 1.28 bits per heavy atom. The van der Waals surface area contributed by atoms with E-state index in [0.717, 1.165) is 22.8 Å². The van der Waals surface area contributed by atoms with Crippen molar-refractivity contribution in [1.29, 1.82) is 0 Å². The number of halogens is 1. The maximum atomic E-state index is 6.08.